The minimum Gasteiger partial charge on any atom is -0.111 e. The zero-order chi connectivity index (χ0) is 6.74. The topological polar surface area (TPSA) is 0 Å². The van der Waals surface area contributed by atoms with Gasteiger partial charge in [-0.15, -0.1) is 11.7 Å². The number of hydrogen-bond acceptors (Lipinski definition) is 2. The first-order valence-corrected chi connectivity index (χ1v) is 5.52. The van der Waals surface area contributed by atoms with E-state index in [2.05, 4.69) is 18.6 Å². The van der Waals surface area contributed by atoms with Crippen molar-refractivity contribution in [3.8, 4) is 0 Å². The Labute approximate surface area is 66.6 Å². The fourth-order valence-corrected chi connectivity index (χ4v) is 3.06. The first kappa shape index (κ1) is 7.80. The lowest BCUT2D eigenvalue weighted by molar-refractivity contribution is 0.592. The van der Waals surface area contributed by atoms with Gasteiger partial charge in [-0.3, -0.25) is 0 Å². The summed E-state index contributed by atoms with van der Waals surface area (Å²) in [6.45, 7) is 2.27. The predicted octanol–water partition coefficient (Wildman–Crippen LogP) is 3.29. The normalized spacial score (nSPS) is 24.7. The van der Waals surface area contributed by atoms with Crippen molar-refractivity contribution in [3.05, 3.63) is 0 Å². The van der Waals surface area contributed by atoms with E-state index in [1.54, 1.807) is 10.8 Å². The maximum atomic E-state index is 4.30. The predicted molar refractivity (Wildman–Crippen MR) is 48.1 cm³/mol. The standard InChI is InChI=1S/C7H14S2/c1-2-7(9-8)5-3-4-6-7/h8H,2-6H2,1H3. The van der Waals surface area contributed by atoms with E-state index in [4.69, 9.17) is 0 Å². The Morgan fingerprint density at radius 3 is 2.22 bits per heavy atom. The Balaban J connectivity index is 2.45. The Morgan fingerprint density at radius 2 is 2.00 bits per heavy atom. The van der Waals surface area contributed by atoms with E-state index in [9.17, 15) is 0 Å². The van der Waals surface area contributed by atoms with Crippen molar-refractivity contribution in [2.24, 2.45) is 0 Å². The molecule has 1 rings (SSSR count). The molecule has 0 bridgehead atoms. The highest BCUT2D eigenvalue weighted by Gasteiger charge is 2.31. The minimum absolute atomic E-state index is 0.559. The highest BCUT2D eigenvalue weighted by molar-refractivity contribution is 8.69. The van der Waals surface area contributed by atoms with E-state index in [-0.39, 0.29) is 0 Å². The summed E-state index contributed by atoms with van der Waals surface area (Å²) in [6.07, 6.45) is 6.90. The lowest BCUT2D eigenvalue weighted by atomic mass is 10.0. The molecule has 0 aliphatic heterocycles. The maximum Gasteiger partial charge on any atom is 0.0258 e. The average molecular weight is 162 g/mol. The van der Waals surface area contributed by atoms with E-state index < -0.39 is 0 Å². The summed E-state index contributed by atoms with van der Waals surface area (Å²) in [4.78, 5) is 0. The monoisotopic (exact) mass is 162 g/mol. The summed E-state index contributed by atoms with van der Waals surface area (Å²) in [6, 6.07) is 0. The molecule has 0 heterocycles. The van der Waals surface area contributed by atoms with Crippen LogP contribution >= 0.6 is 22.5 Å². The third kappa shape index (κ3) is 1.58. The molecule has 1 fully saturated rings. The van der Waals surface area contributed by atoms with E-state index in [0.717, 1.165) is 0 Å². The number of rotatable bonds is 2. The molecule has 0 unspecified atom stereocenters. The second-order valence-corrected chi connectivity index (χ2v) is 4.43. The van der Waals surface area contributed by atoms with Gasteiger partial charge in [0.05, 0.1) is 0 Å². The second-order valence-electron chi connectivity index (χ2n) is 2.83. The first-order valence-electron chi connectivity index (χ1n) is 3.65. The molecule has 0 saturated heterocycles. The third-order valence-corrected chi connectivity index (χ3v) is 4.60. The zero-order valence-corrected chi connectivity index (χ0v) is 7.60. The summed E-state index contributed by atoms with van der Waals surface area (Å²) in [5.41, 5.74) is 0. The fraction of sp³-hybridized carbons (Fsp3) is 1.00. The van der Waals surface area contributed by atoms with Crippen LogP contribution in [-0.4, -0.2) is 4.75 Å². The van der Waals surface area contributed by atoms with Gasteiger partial charge in [0.15, 0.2) is 0 Å². The van der Waals surface area contributed by atoms with Crippen LogP contribution in [0.2, 0.25) is 0 Å². The van der Waals surface area contributed by atoms with Crippen LogP contribution in [0.1, 0.15) is 39.0 Å². The van der Waals surface area contributed by atoms with E-state index in [1.807, 2.05) is 0 Å². The summed E-state index contributed by atoms with van der Waals surface area (Å²) in [5, 5.41) is 0. The van der Waals surface area contributed by atoms with E-state index in [1.165, 1.54) is 32.1 Å². The molecule has 0 aromatic heterocycles. The van der Waals surface area contributed by atoms with Crippen molar-refractivity contribution in [2.75, 3.05) is 0 Å². The molecule has 54 valence electrons. The van der Waals surface area contributed by atoms with E-state index in [0.29, 0.717) is 4.75 Å². The molecular weight excluding hydrogens is 148 g/mol. The smallest absolute Gasteiger partial charge is 0.0258 e. The molecule has 1 aliphatic rings. The molecule has 0 N–H and O–H groups in total. The lowest BCUT2D eigenvalue weighted by Gasteiger charge is -2.22. The van der Waals surface area contributed by atoms with Gasteiger partial charge in [-0.2, -0.15) is 0 Å². The molecule has 0 radical (unpaired) electrons. The molecule has 2 heteroatoms. The van der Waals surface area contributed by atoms with Crippen LogP contribution < -0.4 is 0 Å². The van der Waals surface area contributed by atoms with Crippen LogP contribution in [-0.2, 0) is 0 Å². The van der Waals surface area contributed by atoms with Gasteiger partial charge >= 0.3 is 0 Å². The van der Waals surface area contributed by atoms with Crippen LogP contribution in [0.15, 0.2) is 0 Å². The Kier molecular flexibility index (Phi) is 2.77. The van der Waals surface area contributed by atoms with Crippen LogP contribution in [0.3, 0.4) is 0 Å². The number of thiol groups is 1. The highest BCUT2D eigenvalue weighted by Crippen LogP contribution is 2.45. The SMILES string of the molecule is CCC1(SS)CCCC1. The van der Waals surface area contributed by atoms with Gasteiger partial charge in [0.25, 0.3) is 0 Å². The van der Waals surface area contributed by atoms with Crippen molar-refractivity contribution in [1.82, 2.24) is 0 Å². The van der Waals surface area contributed by atoms with Gasteiger partial charge in [-0.25, -0.2) is 0 Å². The number of hydrogen-bond donors (Lipinski definition) is 1. The van der Waals surface area contributed by atoms with Gasteiger partial charge in [0.1, 0.15) is 0 Å². The molecule has 0 aromatic rings. The van der Waals surface area contributed by atoms with Crippen molar-refractivity contribution >= 4 is 22.5 Å². The molecule has 0 spiro atoms. The molecule has 0 atom stereocenters. The molecule has 0 amide bonds. The molecule has 1 aliphatic carbocycles. The van der Waals surface area contributed by atoms with Crippen molar-refractivity contribution in [3.63, 3.8) is 0 Å². The third-order valence-electron chi connectivity index (χ3n) is 2.35. The summed E-state index contributed by atoms with van der Waals surface area (Å²) in [7, 11) is 1.77. The fourth-order valence-electron chi connectivity index (χ4n) is 1.53. The quantitative estimate of drug-likeness (QED) is 0.480. The highest BCUT2D eigenvalue weighted by atomic mass is 33.1. The summed E-state index contributed by atoms with van der Waals surface area (Å²) < 4.78 is 0.559. The Morgan fingerprint density at radius 1 is 1.44 bits per heavy atom. The van der Waals surface area contributed by atoms with Crippen molar-refractivity contribution in [1.29, 1.82) is 0 Å². The molecule has 9 heavy (non-hydrogen) atoms. The average Bonchev–Trinajstić information content (AvgIpc) is 2.36. The first-order chi connectivity index (χ1) is 4.33. The minimum atomic E-state index is 0.559. The largest absolute Gasteiger partial charge is 0.111 e. The summed E-state index contributed by atoms with van der Waals surface area (Å²) >= 11 is 4.30. The van der Waals surface area contributed by atoms with Crippen LogP contribution in [0.5, 0.6) is 0 Å². The van der Waals surface area contributed by atoms with Gasteiger partial charge in [0, 0.05) is 4.75 Å². The molecule has 1 saturated carbocycles. The van der Waals surface area contributed by atoms with Crippen LogP contribution in [0, 0.1) is 0 Å². The summed E-state index contributed by atoms with van der Waals surface area (Å²) in [5.74, 6) is 0. The molecule has 0 aromatic carbocycles. The maximum absolute atomic E-state index is 4.30. The Hall–Kier alpha value is 0.700. The van der Waals surface area contributed by atoms with Gasteiger partial charge < -0.3 is 0 Å². The van der Waals surface area contributed by atoms with Crippen LogP contribution in [0.25, 0.3) is 0 Å². The van der Waals surface area contributed by atoms with Gasteiger partial charge in [0.2, 0.25) is 0 Å². The Bertz CT molecular complexity index is 78.9. The van der Waals surface area contributed by atoms with Crippen molar-refractivity contribution in [2.45, 2.75) is 43.8 Å². The molecule has 0 nitrogen and oxygen atoms in total. The van der Waals surface area contributed by atoms with Crippen molar-refractivity contribution < 1.29 is 0 Å². The van der Waals surface area contributed by atoms with Gasteiger partial charge in [-0.05, 0) is 19.3 Å². The second kappa shape index (κ2) is 3.20. The van der Waals surface area contributed by atoms with Gasteiger partial charge in [-0.1, -0.05) is 30.6 Å². The zero-order valence-electron chi connectivity index (χ0n) is 5.89. The lowest BCUT2D eigenvalue weighted by Crippen LogP contribution is -2.15. The van der Waals surface area contributed by atoms with E-state index >= 15 is 0 Å². The van der Waals surface area contributed by atoms with Crippen LogP contribution in [0.4, 0.5) is 0 Å². The molecular formula is C7H14S2.